The van der Waals surface area contributed by atoms with Gasteiger partial charge in [0.2, 0.25) is 0 Å². The molecule has 27 heavy (non-hydrogen) atoms. The predicted molar refractivity (Wildman–Crippen MR) is 106 cm³/mol. The van der Waals surface area contributed by atoms with E-state index in [1.54, 1.807) is 36.0 Å². The van der Waals surface area contributed by atoms with Crippen molar-refractivity contribution in [3.63, 3.8) is 0 Å². The molecule has 3 aromatic heterocycles. The zero-order valence-electron chi connectivity index (χ0n) is 16.3. The number of nitrogens with zero attached hydrogens (tertiary/aromatic N) is 3. The molecular weight excluding hydrogens is 340 g/mol. The Morgan fingerprint density at radius 1 is 1.30 bits per heavy atom. The maximum atomic E-state index is 13.0. The van der Waals surface area contributed by atoms with Crippen LogP contribution in [0.25, 0.3) is 16.7 Å². The summed E-state index contributed by atoms with van der Waals surface area (Å²) in [4.78, 5) is 30.3. The van der Waals surface area contributed by atoms with Gasteiger partial charge in [-0.15, -0.1) is 0 Å². The van der Waals surface area contributed by atoms with Crippen LogP contribution in [0.3, 0.4) is 0 Å². The molecule has 1 fully saturated rings. The van der Waals surface area contributed by atoms with Crippen LogP contribution >= 0.6 is 0 Å². The second kappa shape index (κ2) is 6.22. The van der Waals surface area contributed by atoms with E-state index in [-0.39, 0.29) is 22.9 Å². The number of carbonyl (C=O) groups excluding carboxylic acids is 1. The summed E-state index contributed by atoms with van der Waals surface area (Å²) >= 11 is 0. The second-order valence-corrected chi connectivity index (χ2v) is 8.76. The summed E-state index contributed by atoms with van der Waals surface area (Å²) in [7, 11) is 1.79. The molecular formula is C21H26N4O2. The molecule has 0 bridgehead atoms. The average Bonchev–Trinajstić information content (AvgIpc) is 2.91. The molecule has 3 aromatic rings. The molecule has 1 aliphatic carbocycles. The number of hydrogen-bond acceptors (Lipinski definition) is 3. The van der Waals surface area contributed by atoms with Gasteiger partial charge < -0.3 is 9.88 Å². The van der Waals surface area contributed by atoms with E-state index in [2.05, 4.69) is 31.1 Å². The fourth-order valence-corrected chi connectivity index (χ4v) is 4.75. The molecule has 6 nitrogen and oxygen atoms in total. The minimum Gasteiger partial charge on any atom is -0.348 e. The quantitative estimate of drug-likeness (QED) is 0.758. The Morgan fingerprint density at radius 2 is 2.07 bits per heavy atom. The van der Waals surface area contributed by atoms with Gasteiger partial charge in [0, 0.05) is 19.3 Å². The Labute approximate surface area is 158 Å². The molecule has 0 spiro atoms. The lowest BCUT2D eigenvalue weighted by Gasteiger charge is -2.39. The van der Waals surface area contributed by atoms with Gasteiger partial charge in [0.1, 0.15) is 17.0 Å². The topological polar surface area (TPSA) is 68.4 Å². The molecule has 0 saturated heterocycles. The minimum atomic E-state index is -0.155. The summed E-state index contributed by atoms with van der Waals surface area (Å²) < 4.78 is 3.23. The first kappa shape index (κ1) is 17.8. The number of aryl methyl sites for hydroxylation is 1. The summed E-state index contributed by atoms with van der Waals surface area (Å²) in [6, 6.07) is 7.25. The van der Waals surface area contributed by atoms with Crippen LogP contribution in [0.15, 0.2) is 35.3 Å². The molecule has 0 radical (unpaired) electrons. The van der Waals surface area contributed by atoms with Crippen molar-refractivity contribution in [2.75, 3.05) is 0 Å². The van der Waals surface area contributed by atoms with E-state index in [1.807, 2.05) is 6.07 Å². The van der Waals surface area contributed by atoms with Crippen molar-refractivity contribution in [2.45, 2.75) is 46.1 Å². The summed E-state index contributed by atoms with van der Waals surface area (Å²) in [5, 5.41) is 3.65. The second-order valence-electron chi connectivity index (χ2n) is 8.76. The van der Waals surface area contributed by atoms with Crippen molar-refractivity contribution in [1.82, 2.24) is 19.3 Å². The van der Waals surface area contributed by atoms with Gasteiger partial charge in [0.05, 0.1) is 5.39 Å². The van der Waals surface area contributed by atoms with Crippen LogP contribution in [0.5, 0.6) is 0 Å². The Bertz CT molecular complexity index is 1090. The summed E-state index contributed by atoms with van der Waals surface area (Å²) in [6.45, 7) is 6.76. The van der Waals surface area contributed by atoms with Gasteiger partial charge in [-0.3, -0.25) is 14.0 Å². The SMILES string of the molecule is C[C@@H]1C[C@H](NC(=O)c2cc3c(=O)n4ccccc4nc3n2C)CC(C)(C)C1. The Balaban J connectivity index is 1.70. The molecule has 0 unspecified atom stereocenters. The summed E-state index contributed by atoms with van der Waals surface area (Å²) in [5.41, 5.74) is 1.66. The van der Waals surface area contributed by atoms with Crippen LogP contribution in [0.1, 0.15) is 50.5 Å². The number of carbonyl (C=O) groups is 1. The van der Waals surface area contributed by atoms with Crippen LogP contribution in [-0.4, -0.2) is 25.9 Å². The highest BCUT2D eigenvalue weighted by Gasteiger charge is 2.33. The van der Waals surface area contributed by atoms with Crippen LogP contribution < -0.4 is 10.9 Å². The number of amides is 1. The van der Waals surface area contributed by atoms with E-state index in [4.69, 9.17) is 0 Å². The Morgan fingerprint density at radius 3 is 2.81 bits per heavy atom. The number of fused-ring (bicyclic) bond motifs is 2. The van der Waals surface area contributed by atoms with Crippen LogP contribution in [-0.2, 0) is 7.05 Å². The van der Waals surface area contributed by atoms with Crippen molar-refractivity contribution in [3.8, 4) is 0 Å². The molecule has 4 rings (SSSR count). The number of nitrogens with one attached hydrogen (secondary N) is 1. The molecule has 6 heteroatoms. The molecule has 1 aliphatic rings. The third-order valence-corrected chi connectivity index (χ3v) is 5.66. The standard InChI is InChI=1S/C21H26N4O2/c1-13-9-14(12-21(2,3)11-13)22-19(26)16-10-15-18(24(16)4)23-17-7-5-6-8-25(17)20(15)27/h5-8,10,13-14H,9,11-12H2,1-4H3,(H,22,26)/t13-,14+/m1/s1. The highest BCUT2D eigenvalue weighted by molar-refractivity contribution is 5.98. The zero-order chi connectivity index (χ0) is 19.3. The van der Waals surface area contributed by atoms with Crippen molar-refractivity contribution < 1.29 is 4.79 Å². The van der Waals surface area contributed by atoms with Gasteiger partial charge in [-0.1, -0.05) is 26.8 Å². The predicted octanol–water partition coefficient (Wildman–Crippen LogP) is 3.13. The number of aromatic nitrogens is 3. The molecule has 1 saturated carbocycles. The third-order valence-electron chi connectivity index (χ3n) is 5.66. The van der Waals surface area contributed by atoms with Gasteiger partial charge in [0.15, 0.2) is 0 Å². The lowest BCUT2D eigenvalue weighted by atomic mass is 9.70. The smallest absolute Gasteiger partial charge is 0.268 e. The molecule has 1 amide bonds. The molecule has 2 atom stereocenters. The van der Waals surface area contributed by atoms with Crippen molar-refractivity contribution in [3.05, 3.63) is 46.5 Å². The maximum absolute atomic E-state index is 13.0. The lowest BCUT2D eigenvalue weighted by molar-refractivity contribution is 0.0866. The molecule has 1 N–H and O–H groups in total. The van der Waals surface area contributed by atoms with Crippen LogP contribution in [0, 0.1) is 11.3 Å². The van der Waals surface area contributed by atoms with E-state index in [0.29, 0.717) is 28.3 Å². The van der Waals surface area contributed by atoms with Gasteiger partial charge >= 0.3 is 0 Å². The Hall–Kier alpha value is -2.63. The summed E-state index contributed by atoms with van der Waals surface area (Å²) in [6.07, 6.45) is 4.84. The largest absolute Gasteiger partial charge is 0.348 e. The zero-order valence-corrected chi connectivity index (χ0v) is 16.3. The first-order valence-corrected chi connectivity index (χ1v) is 9.53. The fraction of sp³-hybridized carbons (Fsp3) is 0.476. The van der Waals surface area contributed by atoms with Gasteiger partial charge in [-0.2, -0.15) is 0 Å². The number of rotatable bonds is 2. The van der Waals surface area contributed by atoms with E-state index in [9.17, 15) is 9.59 Å². The van der Waals surface area contributed by atoms with Gasteiger partial charge in [0.25, 0.3) is 11.5 Å². The molecule has 3 heterocycles. The van der Waals surface area contributed by atoms with Crippen LogP contribution in [0.2, 0.25) is 0 Å². The lowest BCUT2D eigenvalue weighted by Crippen LogP contribution is -2.43. The van der Waals surface area contributed by atoms with E-state index in [0.717, 1.165) is 12.8 Å². The molecule has 0 aliphatic heterocycles. The third kappa shape index (κ3) is 3.13. The van der Waals surface area contributed by atoms with Crippen molar-refractivity contribution >= 4 is 22.6 Å². The number of pyridine rings is 1. The van der Waals surface area contributed by atoms with Gasteiger partial charge in [-0.25, -0.2) is 4.98 Å². The highest BCUT2D eigenvalue weighted by Crippen LogP contribution is 2.38. The Kier molecular flexibility index (Phi) is 4.09. The van der Waals surface area contributed by atoms with E-state index in [1.165, 1.54) is 10.8 Å². The maximum Gasteiger partial charge on any atom is 0.268 e. The van der Waals surface area contributed by atoms with E-state index >= 15 is 0 Å². The first-order valence-electron chi connectivity index (χ1n) is 9.53. The number of hydrogen-bond donors (Lipinski definition) is 1. The van der Waals surface area contributed by atoms with E-state index < -0.39 is 0 Å². The fourth-order valence-electron chi connectivity index (χ4n) is 4.75. The summed E-state index contributed by atoms with van der Waals surface area (Å²) in [5.74, 6) is 0.446. The average molecular weight is 366 g/mol. The normalized spacial score (nSPS) is 22.2. The monoisotopic (exact) mass is 366 g/mol. The van der Waals surface area contributed by atoms with Gasteiger partial charge in [-0.05, 0) is 48.8 Å². The minimum absolute atomic E-state index is 0.140. The first-order chi connectivity index (χ1) is 12.7. The van der Waals surface area contributed by atoms with Crippen molar-refractivity contribution in [2.24, 2.45) is 18.4 Å². The van der Waals surface area contributed by atoms with Crippen LogP contribution in [0.4, 0.5) is 0 Å². The molecule has 142 valence electrons. The highest BCUT2D eigenvalue weighted by atomic mass is 16.2. The van der Waals surface area contributed by atoms with Crippen molar-refractivity contribution in [1.29, 1.82) is 0 Å². The molecule has 0 aromatic carbocycles.